The topological polar surface area (TPSA) is 80.3 Å². The van der Waals surface area contributed by atoms with Gasteiger partial charge in [0, 0.05) is 27.8 Å². The minimum Gasteiger partial charge on any atom is -0.359 e. The Kier molecular flexibility index (Phi) is 15.9. The summed E-state index contributed by atoms with van der Waals surface area (Å²) in [6.07, 6.45) is 0. The highest BCUT2D eigenvalue weighted by Gasteiger charge is 1.94. The van der Waals surface area contributed by atoms with Crippen LogP contribution in [0.4, 0.5) is 0 Å². The van der Waals surface area contributed by atoms with Gasteiger partial charge in [0.15, 0.2) is 11.6 Å². The lowest BCUT2D eigenvalue weighted by atomic mass is 10.3. The average molecular weight is 217 g/mol. The number of carbonyl (C=O) groups is 4. The molecule has 0 radical (unpaired) electrons. The molecule has 5 nitrogen and oxygen atoms in total. The van der Waals surface area contributed by atoms with Crippen LogP contribution in [0.15, 0.2) is 0 Å². The third kappa shape index (κ3) is 68.3. The molecule has 0 aliphatic heterocycles. The Balaban J connectivity index is -0.000000147. The predicted molar refractivity (Wildman–Crippen MR) is 57.5 cm³/mol. The first kappa shape index (κ1) is 19.1. The van der Waals surface area contributed by atoms with Gasteiger partial charge in [0.25, 0.3) is 0 Å². The Bertz CT molecular complexity index is 218. The van der Waals surface area contributed by atoms with Crippen LogP contribution in [-0.4, -0.2) is 30.3 Å². The van der Waals surface area contributed by atoms with E-state index in [9.17, 15) is 19.2 Å². The largest absolute Gasteiger partial charge is 0.359 e. The van der Waals surface area contributed by atoms with Crippen molar-refractivity contribution < 1.29 is 19.2 Å². The van der Waals surface area contributed by atoms with Gasteiger partial charge >= 0.3 is 0 Å². The second kappa shape index (κ2) is 12.5. The molecule has 0 atom stereocenters. The van der Waals surface area contributed by atoms with Gasteiger partial charge in [-0.15, -0.1) is 0 Å². The first-order chi connectivity index (χ1) is 6.64. The van der Waals surface area contributed by atoms with Crippen LogP contribution in [0, 0.1) is 0 Å². The van der Waals surface area contributed by atoms with E-state index in [-0.39, 0.29) is 23.3 Å². The van der Waals surface area contributed by atoms with Crippen LogP contribution in [0.3, 0.4) is 0 Å². The van der Waals surface area contributed by atoms with E-state index in [2.05, 4.69) is 5.32 Å². The molecule has 5 heteroatoms. The van der Waals surface area contributed by atoms with Gasteiger partial charge in [-0.2, -0.15) is 0 Å². The number of hydrogen-bond acceptors (Lipinski definition) is 4. The lowest BCUT2D eigenvalue weighted by Gasteiger charge is -1.80. The number of amides is 1. The molecule has 0 fully saturated rings. The van der Waals surface area contributed by atoms with E-state index < -0.39 is 0 Å². The molecular formula is C10H19NO4. The highest BCUT2D eigenvalue weighted by molar-refractivity contribution is 6.35. The third-order valence-electron chi connectivity index (χ3n) is 0.848. The van der Waals surface area contributed by atoms with Gasteiger partial charge in [0.2, 0.25) is 5.91 Å². The van der Waals surface area contributed by atoms with Crippen molar-refractivity contribution in [2.75, 3.05) is 7.05 Å². The van der Waals surface area contributed by atoms with Crippen molar-refractivity contribution in [3.05, 3.63) is 0 Å². The molecule has 0 heterocycles. The Morgan fingerprint density at radius 1 is 0.733 bits per heavy atom. The van der Waals surface area contributed by atoms with Crippen molar-refractivity contribution in [3.8, 4) is 0 Å². The molecular weight excluding hydrogens is 198 g/mol. The fourth-order valence-corrected chi connectivity index (χ4v) is 0. The minimum absolute atomic E-state index is 0.00463. The predicted octanol–water partition coefficient (Wildman–Crippen LogP) is 0.512. The molecule has 0 aromatic rings. The van der Waals surface area contributed by atoms with E-state index >= 15 is 0 Å². The van der Waals surface area contributed by atoms with Gasteiger partial charge in [0.1, 0.15) is 5.78 Å². The summed E-state index contributed by atoms with van der Waals surface area (Å²) in [5.41, 5.74) is 0. The summed E-state index contributed by atoms with van der Waals surface area (Å²) in [4.78, 5) is 38.7. The van der Waals surface area contributed by atoms with Crippen molar-refractivity contribution in [2.24, 2.45) is 0 Å². The van der Waals surface area contributed by atoms with E-state index in [1.807, 2.05) is 0 Å². The maximum Gasteiger partial charge on any atom is 0.216 e. The van der Waals surface area contributed by atoms with Gasteiger partial charge in [0.05, 0.1) is 0 Å². The van der Waals surface area contributed by atoms with Crippen LogP contribution in [0.5, 0.6) is 0 Å². The molecule has 0 aliphatic carbocycles. The molecule has 1 N–H and O–H groups in total. The average Bonchev–Trinajstić information content (AvgIpc) is 2.04. The van der Waals surface area contributed by atoms with E-state index in [4.69, 9.17) is 0 Å². The standard InChI is InChI=1S/C4H6O2.C3H7NO.C3H6O/c1-3(5)4(2)6;1-3(5)4-2;1-3(2)4/h1-2H3;1-2H3,(H,4,5);1-2H3. The highest BCUT2D eigenvalue weighted by Crippen LogP contribution is 1.66. The normalized spacial score (nSPS) is 7.07. The molecule has 0 aliphatic rings. The molecule has 0 spiro atoms. The molecule has 0 aromatic heterocycles. The van der Waals surface area contributed by atoms with Crippen molar-refractivity contribution in [3.63, 3.8) is 0 Å². The molecule has 1 amide bonds. The summed E-state index contributed by atoms with van der Waals surface area (Å²) in [6.45, 7) is 7.03. The number of hydrogen-bond donors (Lipinski definition) is 1. The van der Waals surface area contributed by atoms with E-state index in [0.29, 0.717) is 0 Å². The van der Waals surface area contributed by atoms with Crippen molar-refractivity contribution in [1.82, 2.24) is 5.32 Å². The summed E-state index contributed by atoms with van der Waals surface area (Å²) < 4.78 is 0. The van der Waals surface area contributed by atoms with Crippen LogP contribution < -0.4 is 5.32 Å². The Hall–Kier alpha value is -1.52. The third-order valence-corrected chi connectivity index (χ3v) is 0.848. The first-order valence-corrected chi connectivity index (χ1v) is 4.32. The smallest absolute Gasteiger partial charge is 0.216 e. The number of Topliss-reactive ketones (excluding diaryl/α,β-unsaturated/α-hetero) is 3. The Labute approximate surface area is 90.2 Å². The summed E-state index contributed by atoms with van der Waals surface area (Å²) in [7, 11) is 1.60. The molecule has 0 saturated carbocycles. The van der Waals surface area contributed by atoms with E-state index in [1.54, 1.807) is 7.05 Å². The van der Waals surface area contributed by atoms with Crippen LogP contribution >= 0.6 is 0 Å². The second-order valence-corrected chi connectivity index (χ2v) is 2.83. The zero-order chi connectivity index (χ0) is 13.0. The fraction of sp³-hybridized carbons (Fsp3) is 0.600. The van der Waals surface area contributed by atoms with Crippen LogP contribution in [0.2, 0.25) is 0 Å². The summed E-state index contributed by atoms with van der Waals surface area (Å²) in [5, 5.41) is 2.39. The quantitative estimate of drug-likeness (QED) is 0.649. The molecule has 0 saturated heterocycles. The van der Waals surface area contributed by atoms with Gasteiger partial charge in [-0.05, 0) is 13.8 Å². The van der Waals surface area contributed by atoms with Gasteiger partial charge < -0.3 is 10.1 Å². The lowest BCUT2D eigenvalue weighted by molar-refractivity contribution is -0.134. The summed E-state index contributed by atoms with van der Waals surface area (Å²) in [6, 6.07) is 0. The summed E-state index contributed by atoms with van der Waals surface area (Å²) >= 11 is 0. The van der Waals surface area contributed by atoms with E-state index in [0.717, 1.165) is 0 Å². The first-order valence-electron chi connectivity index (χ1n) is 4.32. The SMILES string of the molecule is CC(=O)C(C)=O.CC(C)=O.CNC(C)=O. The zero-order valence-corrected chi connectivity index (χ0v) is 10.1. The molecule has 0 bridgehead atoms. The summed E-state index contributed by atoms with van der Waals surface area (Å²) in [5.74, 6) is -0.588. The number of ketones is 3. The monoisotopic (exact) mass is 217 g/mol. The van der Waals surface area contributed by atoms with Gasteiger partial charge in [-0.3, -0.25) is 14.4 Å². The maximum atomic E-state index is 9.79. The number of nitrogens with one attached hydrogen (secondary N) is 1. The van der Waals surface area contributed by atoms with Crippen LogP contribution in [-0.2, 0) is 19.2 Å². The van der Waals surface area contributed by atoms with Crippen molar-refractivity contribution >= 4 is 23.3 Å². The molecule has 88 valence electrons. The molecule has 0 rings (SSSR count). The molecule has 0 unspecified atom stereocenters. The van der Waals surface area contributed by atoms with Gasteiger partial charge in [-0.25, -0.2) is 0 Å². The lowest BCUT2D eigenvalue weighted by Crippen LogP contribution is -2.11. The highest BCUT2D eigenvalue weighted by atomic mass is 16.2. The zero-order valence-electron chi connectivity index (χ0n) is 10.1. The van der Waals surface area contributed by atoms with Gasteiger partial charge in [-0.1, -0.05) is 0 Å². The van der Waals surface area contributed by atoms with Crippen LogP contribution in [0.1, 0.15) is 34.6 Å². The van der Waals surface area contributed by atoms with Crippen LogP contribution in [0.25, 0.3) is 0 Å². The van der Waals surface area contributed by atoms with E-state index in [1.165, 1.54) is 34.6 Å². The molecule has 0 aromatic carbocycles. The fourth-order valence-electron chi connectivity index (χ4n) is 0. The Morgan fingerprint density at radius 2 is 0.867 bits per heavy atom. The van der Waals surface area contributed by atoms with Crippen molar-refractivity contribution in [1.29, 1.82) is 0 Å². The number of rotatable bonds is 1. The van der Waals surface area contributed by atoms with Crippen molar-refractivity contribution in [2.45, 2.75) is 34.6 Å². The maximum absolute atomic E-state index is 9.79. The minimum atomic E-state index is -0.380. The molecule has 15 heavy (non-hydrogen) atoms. The number of carbonyl (C=O) groups excluding carboxylic acids is 4. The second-order valence-electron chi connectivity index (χ2n) is 2.83. The Morgan fingerprint density at radius 3 is 0.867 bits per heavy atom.